The fraction of sp³-hybridized carbons (Fsp3) is 0.333. The Morgan fingerprint density at radius 3 is 2.92 bits per heavy atom. The molecular formula is C18H18N4O4. The third kappa shape index (κ3) is 2.83. The van der Waals surface area contributed by atoms with Crippen LogP contribution in [0.1, 0.15) is 23.1 Å². The molecule has 0 spiro atoms. The summed E-state index contributed by atoms with van der Waals surface area (Å²) in [6, 6.07) is 3.71. The van der Waals surface area contributed by atoms with E-state index in [1.807, 2.05) is 19.1 Å². The van der Waals surface area contributed by atoms with Gasteiger partial charge in [-0.2, -0.15) is 9.90 Å². The van der Waals surface area contributed by atoms with Crippen molar-refractivity contribution in [2.45, 2.75) is 26.2 Å². The van der Waals surface area contributed by atoms with Gasteiger partial charge in [0.1, 0.15) is 11.3 Å². The van der Waals surface area contributed by atoms with E-state index >= 15 is 0 Å². The topological polar surface area (TPSA) is 99.2 Å². The van der Waals surface area contributed by atoms with E-state index in [0.29, 0.717) is 22.7 Å². The molecule has 2 aromatic heterocycles. The maximum atomic E-state index is 12.2. The van der Waals surface area contributed by atoms with E-state index in [0.717, 1.165) is 35.8 Å². The van der Waals surface area contributed by atoms with Crippen LogP contribution in [0, 0.1) is 6.92 Å². The molecule has 0 fully saturated rings. The minimum Gasteiger partial charge on any atom is -0.483 e. The van der Waals surface area contributed by atoms with Crippen molar-refractivity contribution in [1.82, 2.24) is 15.0 Å². The average Bonchev–Trinajstić information content (AvgIpc) is 3.25. The number of ether oxygens (including phenoxy) is 1. The minimum absolute atomic E-state index is 0.182. The smallest absolute Gasteiger partial charge is 0.339 e. The number of carbonyl (C=O) groups excluding carboxylic acids is 1. The molecule has 0 unspecified atom stereocenters. The Morgan fingerprint density at radius 2 is 2.15 bits per heavy atom. The van der Waals surface area contributed by atoms with Crippen LogP contribution >= 0.6 is 0 Å². The van der Waals surface area contributed by atoms with Crippen LogP contribution in [0.5, 0.6) is 5.75 Å². The van der Waals surface area contributed by atoms with Crippen LogP contribution in [0.2, 0.25) is 0 Å². The summed E-state index contributed by atoms with van der Waals surface area (Å²) in [5.41, 5.74) is 2.83. The van der Waals surface area contributed by atoms with E-state index in [1.165, 1.54) is 11.0 Å². The number of carbonyl (C=O) groups is 1. The number of aryl methyl sites for hydroxylation is 3. The van der Waals surface area contributed by atoms with Gasteiger partial charge in [0.2, 0.25) is 0 Å². The number of nitrogens with zero attached hydrogens (tertiary/aromatic N) is 3. The Morgan fingerprint density at radius 1 is 1.35 bits per heavy atom. The Balaban J connectivity index is 1.56. The summed E-state index contributed by atoms with van der Waals surface area (Å²) in [5, 5.41) is 11.4. The quantitative estimate of drug-likeness (QED) is 0.717. The zero-order valence-corrected chi connectivity index (χ0v) is 14.5. The number of benzene rings is 1. The fourth-order valence-electron chi connectivity index (χ4n) is 3.34. The summed E-state index contributed by atoms with van der Waals surface area (Å²) >= 11 is 0. The van der Waals surface area contributed by atoms with E-state index < -0.39 is 0 Å². The third-order valence-electron chi connectivity index (χ3n) is 4.57. The molecule has 134 valence electrons. The molecule has 8 nitrogen and oxygen atoms in total. The number of aromatic nitrogens is 3. The van der Waals surface area contributed by atoms with Crippen LogP contribution in [0.3, 0.4) is 0 Å². The molecule has 1 aliphatic rings. The highest BCUT2D eigenvalue weighted by atomic mass is 16.5. The van der Waals surface area contributed by atoms with Gasteiger partial charge < -0.3 is 14.5 Å². The normalized spacial score (nSPS) is 13.0. The first kappa shape index (κ1) is 16.3. The molecule has 0 saturated carbocycles. The zero-order chi connectivity index (χ0) is 18.3. The zero-order valence-electron chi connectivity index (χ0n) is 14.5. The minimum atomic E-state index is -0.347. The first-order valence-electron chi connectivity index (χ1n) is 8.40. The van der Waals surface area contributed by atoms with Gasteiger partial charge in [-0.05, 0) is 43.9 Å². The maximum absolute atomic E-state index is 12.2. The summed E-state index contributed by atoms with van der Waals surface area (Å²) in [5.74, 6) is 0.520. The first-order valence-corrected chi connectivity index (χ1v) is 8.40. The molecule has 0 aliphatic heterocycles. The van der Waals surface area contributed by atoms with Crippen LogP contribution in [0.25, 0.3) is 11.0 Å². The molecule has 3 aromatic rings. The van der Waals surface area contributed by atoms with Crippen LogP contribution in [-0.2, 0) is 24.7 Å². The Labute approximate surface area is 148 Å². The average molecular weight is 354 g/mol. The number of anilines is 1. The lowest BCUT2D eigenvalue weighted by atomic mass is 10.0. The molecule has 2 heterocycles. The SMILES string of the molecule is Cc1c(OCC(=O)Nc2cnn(C)n2)ccc2c3c(c(=O)oc12)CCC3. The summed E-state index contributed by atoms with van der Waals surface area (Å²) in [7, 11) is 1.66. The summed E-state index contributed by atoms with van der Waals surface area (Å²) < 4.78 is 11.1. The molecule has 0 saturated heterocycles. The van der Waals surface area contributed by atoms with E-state index in [1.54, 1.807) is 7.05 Å². The Bertz CT molecular complexity index is 1070. The lowest BCUT2D eigenvalue weighted by Gasteiger charge is -2.12. The van der Waals surface area contributed by atoms with Crippen molar-refractivity contribution in [3.8, 4) is 5.75 Å². The third-order valence-corrected chi connectivity index (χ3v) is 4.57. The monoisotopic (exact) mass is 354 g/mol. The molecule has 8 heteroatoms. The van der Waals surface area contributed by atoms with Crippen molar-refractivity contribution in [3.05, 3.63) is 45.4 Å². The highest BCUT2D eigenvalue weighted by molar-refractivity contribution is 5.91. The standard InChI is InChI=1S/C18H18N4O4/c1-10-14(25-9-16(23)20-15-8-19-22(2)21-15)7-6-12-11-4-3-5-13(11)18(24)26-17(10)12/h6-8H,3-5,9H2,1-2H3,(H,20,21,23). The molecule has 1 aromatic carbocycles. The molecule has 0 bridgehead atoms. The molecule has 1 aliphatic carbocycles. The van der Waals surface area contributed by atoms with Crippen molar-refractivity contribution in [1.29, 1.82) is 0 Å². The van der Waals surface area contributed by atoms with Gasteiger partial charge in [-0.25, -0.2) is 4.79 Å². The second-order valence-electron chi connectivity index (χ2n) is 6.32. The summed E-state index contributed by atoms with van der Waals surface area (Å²) in [6.07, 6.45) is 4.08. The predicted molar refractivity (Wildman–Crippen MR) is 94.4 cm³/mol. The van der Waals surface area contributed by atoms with Gasteiger partial charge >= 0.3 is 5.63 Å². The molecular weight excluding hydrogens is 336 g/mol. The number of amides is 1. The van der Waals surface area contributed by atoms with Crippen molar-refractivity contribution >= 4 is 22.7 Å². The number of hydrogen-bond donors (Lipinski definition) is 1. The molecule has 1 N–H and O–H groups in total. The Kier molecular flexibility index (Phi) is 3.95. The molecule has 1 amide bonds. The molecule has 0 radical (unpaired) electrons. The first-order chi connectivity index (χ1) is 12.5. The van der Waals surface area contributed by atoms with Gasteiger partial charge in [-0.3, -0.25) is 4.79 Å². The van der Waals surface area contributed by atoms with Crippen molar-refractivity contribution < 1.29 is 13.9 Å². The fourth-order valence-corrected chi connectivity index (χ4v) is 3.34. The Hall–Kier alpha value is -3.16. The predicted octanol–water partition coefficient (Wildman–Crippen LogP) is 1.74. The largest absolute Gasteiger partial charge is 0.483 e. The molecule has 26 heavy (non-hydrogen) atoms. The summed E-state index contributed by atoms with van der Waals surface area (Å²) in [4.78, 5) is 25.5. The van der Waals surface area contributed by atoms with Gasteiger partial charge in [0.05, 0.1) is 6.20 Å². The van der Waals surface area contributed by atoms with Gasteiger partial charge in [0.25, 0.3) is 5.91 Å². The van der Waals surface area contributed by atoms with Crippen molar-refractivity contribution in [3.63, 3.8) is 0 Å². The van der Waals surface area contributed by atoms with Crippen molar-refractivity contribution in [2.24, 2.45) is 7.05 Å². The second-order valence-corrected chi connectivity index (χ2v) is 6.32. The number of rotatable bonds is 4. The second kappa shape index (κ2) is 6.29. The number of nitrogens with one attached hydrogen (secondary N) is 1. The number of fused-ring (bicyclic) bond motifs is 3. The van der Waals surface area contributed by atoms with Gasteiger partial charge in [0.15, 0.2) is 12.4 Å². The van der Waals surface area contributed by atoms with Crippen LogP contribution in [0.4, 0.5) is 5.82 Å². The van der Waals surface area contributed by atoms with Crippen LogP contribution in [0.15, 0.2) is 27.5 Å². The van der Waals surface area contributed by atoms with Gasteiger partial charge in [0, 0.05) is 23.6 Å². The van der Waals surface area contributed by atoms with Crippen LogP contribution < -0.4 is 15.7 Å². The molecule has 0 atom stereocenters. The number of hydrogen-bond acceptors (Lipinski definition) is 6. The van der Waals surface area contributed by atoms with E-state index in [9.17, 15) is 9.59 Å². The van der Waals surface area contributed by atoms with E-state index in [4.69, 9.17) is 9.15 Å². The van der Waals surface area contributed by atoms with E-state index in [-0.39, 0.29) is 18.1 Å². The van der Waals surface area contributed by atoms with Gasteiger partial charge in [-0.1, -0.05) is 0 Å². The van der Waals surface area contributed by atoms with Gasteiger partial charge in [-0.15, -0.1) is 5.10 Å². The maximum Gasteiger partial charge on any atom is 0.339 e. The van der Waals surface area contributed by atoms with E-state index in [2.05, 4.69) is 15.5 Å². The summed E-state index contributed by atoms with van der Waals surface area (Å²) in [6.45, 7) is 1.64. The van der Waals surface area contributed by atoms with Crippen LogP contribution in [-0.4, -0.2) is 27.5 Å². The lowest BCUT2D eigenvalue weighted by molar-refractivity contribution is -0.118. The van der Waals surface area contributed by atoms with Crippen molar-refractivity contribution in [2.75, 3.05) is 11.9 Å². The highest BCUT2D eigenvalue weighted by Crippen LogP contribution is 2.32. The highest BCUT2D eigenvalue weighted by Gasteiger charge is 2.21. The molecule has 4 rings (SSSR count). The lowest BCUT2D eigenvalue weighted by Crippen LogP contribution is -2.20.